The maximum atomic E-state index is 9.23. The molecule has 0 fully saturated rings. The molecule has 0 saturated heterocycles. The molecule has 0 radical (unpaired) electrons. The van der Waals surface area contributed by atoms with Crippen LogP contribution in [0.2, 0.25) is 0 Å². The summed E-state index contributed by atoms with van der Waals surface area (Å²) >= 11 is 0. The average molecular weight is 224 g/mol. The first-order chi connectivity index (χ1) is 7.72. The van der Waals surface area contributed by atoms with Crippen LogP contribution in [0.3, 0.4) is 0 Å². The zero-order valence-corrected chi connectivity index (χ0v) is 9.98. The lowest BCUT2D eigenvalue weighted by molar-refractivity contribution is 0.110. The average Bonchev–Trinajstić information content (AvgIpc) is 2.26. The van der Waals surface area contributed by atoms with Crippen LogP contribution in [0.5, 0.6) is 5.75 Å². The van der Waals surface area contributed by atoms with Gasteiger partial charge >= 0.3 is 0 Å². The fraction of sp³-hybridized carbons (Fsp3) is 0.538. The van der Waals surface area contributed by atoms with Crippen LogP contribution in [-0.2, 0) is 11.2 Å². The third-order valence-corrected chi connectivity index (χ3v) is 2.15. The minimum absolute atomic E-state index is 0.301. The van der Waals surface area contributed by atoms with E-state index in [1.807, 2.05) is 31.2 Å². The first-order valence-corrected chi connectivity index (χ1v) is 5.70. The molecule has 0 saturated carbocycles. The van der Waals surface area contributed by atoms with Gasteiger partial charge in [0.15, 0.2) is 0 Å². The van der Waals surface area contributed by atoms with Crippen LogP contribution in [-0.4, -0.2) is 31.0 Å². The summed E-state index contributed by atoms with van der Waals surface area (Å²) < 4.78 is 10.7. The molecule has 1 aromatic rings. The Kier molecular flexibility index (Phi) is 5.90. The van der Waals surface area contributed by atoms with Crippen molar-refractivity contribution in [3.05, 3.63) is 29.8 Å². The van der Waals surface area contributed by atoms with E-state index in [-0.39, 0.29) is 6.10 Å². The SMILES string of the molecule is CCOCCOc1ccc(CC(C)O)cc1. The number of benzene rings is 1. The Hall–Kier alpha value is -1.06. The van der Waals surface area contributed by atoms with Gasteiger partial charge in [0, 0.05) is 6.61 Å². The van der Waals surface area contributed by atoms with Crippen molar-refractivity contribution in [1.82, 2.24) is 0 Å². The zero-order valence-electron chi connectivity index (χ0n) is 9.98. The highest BCUT2D eigenvalue weighted by Crippen LogP contribution is 2.13. The molecular weight excluding hydrogens is 204 g/mol. The van der Waals surface area contributed by atoms with Gasteiger partial charge in [0.2, 0.25) is 0 Å². The molecule has 1 rings (SSSR count). The number of aliphatic hydroxyl groups excluding tert-OH is 1. The van der Waals surface area contributed by atoms with Crippen molar-refractivity contribution in [2.45, 2.75) is 26.4 Å². The van der Waals surface area contributed by atoms with Gasteiger partial charge in [0.1, 0.15) is 12.4 Å². The number of hydrogen-bond acceptors (Lipinski definition) is 3. The lowest BCUT2D eigenvalue weighted by Gasteiger charge is -2.08. The van der Waals surface area contributed by atoms with Crippen LogP contribution in [0, 0.1) is 0 Å². The van der Waals surface area contributed by atoms with Crippen molar-refractivity contribution >= 4 is 0 Å². The molecule has 1 unspecified atom stereocenters. The predicted molar refractivity (Wildman–Crippen MR) is 63.8 cm³/mol. The maximum absolute atomic E-state index is 9.23. The van der Waals surface area contributed by atoms with Gasteiger partial charge in [-0.15, -0.1) is 0 Å². The molecule has 0 heterocycles. The molecule has 1 N–H and O–H groups in total. The number of aliphatic hydroxyl groups is 1. The Labute approximate surface area is 97.0 Å². The van der Waals surface area contributed by atoms with E-state index >= 15 is 0 Å². The molecular formula is C13H20O3. The number of hydrogen-bond donors (Lipinski definition) is 1. The summed E-state index contributed by atoms with van der Waals surface area (Å²) in [5, 5.41) is 9.23. The van der Waals surface area contributed by atoms with Crippen molar-refractivity contribution in [2.24, 2.45) is 0 Å². The summed E-state index contributed by atoms with van der Waals surface area (Å²) in [6.07, 6.45) is 0.379. The second kappa shape index (κ2) is 7.25. The van der Waals surface area contributed by atoms with Crippen LogP contribution < -0.4 is 4.74 Å². The molecule has 0 spiro atoms. The van der Waals surface area contributed by atoms with Gasteiger partial charge < -0.3 is 14.6 Å². The van der Waals surface area contributed by atoms with Gasteiger partial charge in [-0.25, -0.2) is 0 Å². The fourth-order valence-electron chi connectivity index (χ4n) is 1.43. The lowest BCUT2D eigenvalue weighted by Crippen LogP contribution is -2.07. The van der Waals surface area contributed by atoms with Gasteiger partial charge in [-0.1, -0.05) is 12.1 Å². The van der Waals surface area contributed by atoms with E-state index in [9.17, 15) is 5.11 Å². The molecule has 0 aliphatic heterocycles. The summed E-state index contributed by atoms with van der Waals surface area (Å²) in [4.78, 5) is 0. The van der Waals surface area contributed by atoms with E-state index in [2.05, 4.69) is 0 Å². The van der Waals surface area contributed by atoms with Crippen LogP contribution in [0.1, 0.15) is 19.4 Å². The topological polar surface area (TPSA) is 38.7 Å². The Morgan fingerprint density at radius 3 is 2.44 bits per heavy atom. The highest BCUT2D eigenvalue weighted by atomic mass is 16.5. The van der Waals surface area contributed by atoms with Gasteiger partial charge in [-0.3, -0.25) is 0 Å². The summed E-state index contributed by atoms with van der Waals surface area (Å²) in [6, 6.07) is 7.79. The maximum Gasteiger partial charge on any atom is 0.119 e. The molecule has 0 aromatic heterocycles. The van der Waals surface area contributed by atoms with Crippen molar-refractivity contribution in [3.63, 3.8) is 0 Å². The Morgan fingerprint density at radius 1 is 1.19 bits per heavy atom. The van der Waals surface area contributed by atoms with Crippen LogP contribution in [0.25, 0.3) is 0 Å². The normalized spacial score (nSPS) is 12.4. The minimum Gasteiger partial charge on any atom is -0.491 e. The van der Waals surface area contributed by atoms with E-state index in [1.54, 1.807) is 6.92 Å². The third-order valence-electron chi connectivity index (χ3n) is 2.15. The largest absolute Gasteiger partial charge is 0.491 e. The van der Waals surface area contributed by atoms with E-state index in [1.165, 1.54) is 0 Å². The Morgan fingerprint density at radius 2 is 1.88 bits per heavy atom. The molecule has 16 heavy (non-hydrogen) atoms. The molecule has 3 heteroatoms. The minimum atomic E-state index is -0.301. The van der Waals surface area contributed by atoms with Crippen LogP contribution in [0.4, 0.5) is 0 Å². The molecule has 1 aromatic carbocycles. The first kappa shape index (κ1) is 13.0. The Balaban J connectivity index is 2.33. The molecule has 0 bridgehead atoms. The molecule has 3 nitrogen and oxygen atoms in total. The summed E-state index contributed by atoms with van der Waals surface area (Å²) in [7, 11) is 0. The van der Waals surface area contributed by atoms with Gasteiger partial charge in [-0.05, 0) is 38.0 Å². The molecule has 0 amide bonds. The second-order valence-corrected chi connectivity index (χ2v) is 3.74. The standard InChI is InChI=1S/C13H20O3/c1-3-15-8-9-16-13-6-4-12(5-7-13)10-11(2)14/h4-7,11,14H,3,8-10H2,1-2H3. The van der Waals surface area contributed by atoms with Crippen molar-refractivity contribution in [2.75, 3.05) is 19.8 Å². The summed E-state index contributed by atoms with van der Waals surface area (Å²) in [5.74, 6) is 0.842. The van der Waals surface area contributed by atoms with E-state index in [4.69, 9.17) is 9.47 Å². The van der Waals surface area contributed by atoms with Crippen LogP contribution in [0.15, 0.2) is 24.3 Å². The van der Waals surface area contributed by atoms with Gasteiger partial charge in [0.25, 0.3) is 0 Å². The molecule has 0 aliphatic carbocycles. The predicted octanol–water partition coefficient (Wildman–Crippen LogP) is 2.03. The molecule has 90 valence electrons. The summed E-state index contributed by atoms with van der Waals surface area (Å²) in [6.45, 7) is 5.66. The first-order valence-electron chi connectivity index (χ1n) is 5.70. The second-order valence-electron chi connectivity index (χ2n) is 3.74. The smallest absolute Gasteiger partial charge is 0.119 e. The van der Waals surface area contributed by atoms with Crippen molar-refractivity contribution in [3.8, 4) is 5.75 Å². The number of ether oxygens (including phenoxy) is 2. The fourth-order valence-corrected chi connectivity index (χ4v) is 1.43. The highest BCUT2D eigenvalue weighted by Gasteiger charge is 1.99. The van der Waals surface area contributed by atoms with E-state index in [0.29, 0.717) is 19.6 Å². The quantitative estimate of drug-likeness (QED) is 0.720. The van der Waals surface area contributed by atoms with Crippen LogP contribution >= 0.6 is 0 Å². The van der Waals surface area contributed by atoms with Gasteiger partial charge in [0.05, 0.1) is 12.7 Å². The third kappa shape index (κ3) is 5.14. The zero-order chi connectivity index (χ0) is 11.8. The van der Waals surface area contributed by atoms with E-state index < -0.39 is 0 Å². The highest BCUT2D eigenvalue weighted by molar-refractivity contribution is 5.27. The molecule has 0 aliphatic rings. The summed E-state index contributed by atoms with van der Waals surface area (Å²) in [5.41, 5.74) is 1.12. The van der Waals surface area contributed by atoms with Gasteiger partial charge in [-0.2, -0.15) is 0 Å². The monoisotopic (exact) mass is 224 g/mol. The lowest BCUT2D eigenvalue weighted by atomic mass is 10.1. The molecule has 1 atom stereocenters. The van der Waals surface area contributed by atoms with E-state index in [0.717, 1.165) is 17.9 Å². The Bertz CT molecular complexity index is 280. The van der Waals surface area contributed by atoms with Crippen molar-refractivity contribution in [1.29, 1.82) is 0 Å². The van der Waals surface area contributed by atoms with Crippen molar-refractivity contribution < 1.29 is 14.6 Å². The number of rotatable bonds is 7.